The topological polar surface area (TPSA) is 46.6 Å². The van der Waals surface area contributed by atoms with Gasteiger partial charge in [-0.15, -0.1) is 0 Å². The van der Waals surface area contributed by atoms with E-state index >= 15 is 0 Å². The first-order valence-electron chi connectivity index (χ1n) is 5.46. The van der Waals surface area contributed by atoms with Gasteiger partial charge in [-0.3, -0.25) is 0 Å². The summed E-state index contributed by atoms with van der Waals surface area (Å²) in [5, 5.41) is 8.64. The quantitative estimate of drug-likeness (QED) is 0.766. The molecule has 2 aromatic carbocycles. The zero-order valence-electron chi connectivity index (χ0n) is 10.3. The molecule has 0 aliphatic heterocycles. The van der Waals surface area contributed by atoms with E-state index in [0.717, 1.165) is 11.1 Å². The van der Waals surface area contributed by atoms with Gasteiger partial charge < -0.3 is 9.47 Å². The van der Waals surface area contributed by atoms with Gasteiger partial charge in [-0.05, 0) is 35.4 Å². The predicted octanol–water partition coefficient (Wildman–Crippen LogP) is 3.86. The van der Waals surface area contributed by atoms with Crippen LogP contribution in [0.4, 0.5) is 5.69 Å². The Bertz CT molecular complexity index is 586. The van der Waals surface area contributed by atoms with Crippen LogP contribution in [-0.4, -0.2) is 14.2 Å². The van der Waals surface area contributed by atoms with Crippen LogP contribution in [0.25, 0.3) is 16.1 Å². The molecule has 0 amide bonds. The maximum absolute atomic E-state index is 8.64. The minimum Gasteiger partial charge on any atom is -0.493 e. The van der Waals surface area contributed by atoms with Crippen molar-refractivity contribution < 1.29 is 9.47 Å². The Morgan fingerprint density at radius 3 is 2.00 bits per heavy atom. The van der Waals surface area contributed by atoms with E-state index in [1.54, 1.807) is 26.4 Å². The summed E-state index contributed by atoms with van der Waals surface area (Å²) in [4.78, 5) is 3.12. The second-order valence-electron chi connectivity index (χ2n) is 3.72. The summed E-state index contributed by atoms with van der Waals surface area (Å²) in [6.07, 6.45) is 0. The molecule has 18 heavy (non-hydrogen) atoms. The van der Waals surface area contributed by atoms with Crippen molar-refractivity contribution in [2.24, 2.45) is 0 Å². The van der Waals surface area contributed by atoms with Crippen molar-refractivity contribution in [3.8, 4) is 22.6 Å². The van der Waals surface area contributed by atoms with Gasteiger partial charge >= 0.3 is 5.69 Å². The van der Waals surface area contributed by atoms with E-state index in [1.807, 2.05) is 30.3 Å². The van der Waals surface area contributed by atoms with Gasteiger partial charge in [-0.25, -0.2) is 0 Å². The van der Waals surface area contributed by atoms with E-state index in [2.05, 4.69) is 4.98 Å². The van der Waals surface area contributed by atoms with Crippen molar-refractivity contribution in [3.05, 3.63) is 47.4 Å². The number of benzene rings is 2. The Morgan fingerprint density at radius 1 is 0.833 bits per heavy atom. The van der Waals surface area contributed by atoms with Gasteiger partial charge in [0.25, 0.3) is 0 Å². The van der Waals surface area contributed by atoms with Gasteiger partial charge in [0.15, 0.2) is 16.5 Å². The zero-order valence-corrected chi connectivity index (χ0v) is 10.3. The Labute approximate surface area is 105 Å². The fourth-order valence-electron chi connectivity index (χ4n) is 1.74. The molecule has 0 unspecified atom stereocenters. The van der Waals surface area contributed by atoms with Gasteiger partial charge in [-0.2, -0.15) is 0 Å². The Kier molecular flexibility index (Phi) is 3.44. The summed E-state index contributed by atoms with van der Waals surface area (Å²) >= 11 is 0. The summed E-state index contributed by atoms with van der Waals surface area (Å²) in [7, 11) is 3.21. The van der Waals surface area contributed by atoms with Crippen LogP contribution in [0.2, 0.25) is 0 Å². The van der Waals surface area contributed by atoms with Crippen LogP contribution in [0.1, 0.15) is 0 Å². The third-order valence-corrected chi connectivity index (χ3v) is 2.70. The molecule has 0 aliphatic carbocycles. The van der Waals surface area contributed by atoms with E-state index in [-0.39, 0.29) is 0 Å². The molecule has 0 fully saturated rings. The highest BCUT2D eigenvalue weighted by Gasteiger charge is 2.08. The molecule has 0 N–H and O–H groups in total. The molecule has 0 radical (unpaired) electrons. The Balaban J connectivity index is 2.41. The second-order valence-corrected chi connectivity index (χ2v) is 3.72. The Morgan fingerprint density at radius 2 is 1.44 bits per heavy atom. The van der Waals surface area contributed by atoms with Crippen molar-refractivity contribution in [2.75, 3.05) is 14.2 Å². The molecule has 0 bridgehead atoms. The van der Waals surface area contributed by atoms with Crippen molar-refractivity contribution >= 4 is 5.69 Å². The SMILES string of the molecule is COc1ccc(-c2ccc([N+]#N)cc2)cc1OC. The van der Waals surface area contributed by atoms with Crippen LogP contribution >= 0.6 is 0 Å². The minimum atomic E-state index is 0.527. The highest BCUT2D eigenvalue weighted by atomic mass is 16.5. The first kappa shape index (κ1) is 11.9. The molecular formula is C14H13N2O2+. The lowest BCUT2D eigenvalue weighted by atomic mass is 10.0. The van der Waals surface area contributed by atoms with E-state index in [0.29, 0.717) is 17.2 Å². The molecule has 90 valence electrons. The molecule has 0 atom stereocenters. The molecule has 4 nitrogen and oxygen atoms in total. The number of hydrogen-bond donors (Lipinski definition) is 0. The lowest BCUT2D eigenvalue weighted by Gasteiger charge is -2.09. The van der Waals surface area contributed by atoms with Gasteiger partial charge in [0.05, 0.1) is 14.2 Å². The molecule has 0 heterocycles. The number of hydrogen-bond acceptors (Lipinski definition) is 3. The fraction of sp³-hybridized carbons (Fsp3) is 0.143. The Hall–Kier alpha value is -2.54. The van der Waals surface area contributed by atoms with Crippen LogP contribution in [0.5, 0.6) is 11.5 Å². The number of ether oxygens (including phenoxy) is 2. The third-order valence-electron chi connectivity index (χ3n) is 2.70. The maximum Gasteiger partial charge on any atom is 0.385 e. The smallest absolute Gasteiger partial charge is 0.385 e. The molecule has 0 aliphatic rings. The number of rotatable bonds is 3. The van der Waals surface area contributed by atoms with Crippen LogP contribution in [0.3, 0.4) is 0 Å². The molecule has 2 aromatic rings. The lowest BCUT2D eigenvalue weighted by molar-refractivity contribution is 0.355. The van der Waals surface area contributed by atoms with Crippen LogP contribution in [0.15, 0.2) is 42.5 Å². The van der Waals surface area contributed by atoms with Crippen LogP contribution < -0.4 is 9.47 Å². The highest BCUT2D eigenvalue weighted by molar-refractivity contribution is 5.69. The molecule has 0 saturated carbocycles. The van der Waals surface area contributed by atoms with Crippen LogP contribution in [0, 0.1) is 5.39 Å². The molecule has 4 heteroatoms. The zero-order chi connectivity index (χ0) is 13.0. The average molecular weight is 241 g/mol. The number of nitrogens with zero attached hydrogens (tertiary/aromatic N) is 2. The van der Waals surface area contributed by atoms with Crippen molar-refractivity contribution in [3.63, 3.8) is 0 Å². The molecule has 2 rings (SSSR count). The lowest BCUT2D eigenvalue weighted by Crippen LogP contribution is -1.90. The summed E-state index contributed by atoms with van der Waals surface area (Å²) in [5.41, 5.74) is 2.56. The predicted molar refractivity (Wildman–Crippen MR) is 69.7 cm³/mol. The van der Waals surface area contributed by atoms with Gasteiger partial charge in [0.1, 0.15) is 0 Å². The van der Waals surface area contributed by atoms with Crippen LogP contribution in [-0.2, 0) is 0 Å². The standard InChI is InChI=1S/C14H13N2O2/c1-17-13-8-5-11(9-14(13)18-2)10-3-6-12(16-15)7-4-10/h3-9H,1-2H3/q+1. The summed E-state index contributed by atoms with van der Waals surface area (Å²) in [5.74, 6) is 1.38. The molecular weight excluding hydrogens is 228 g/mol. The number of methoxy groups -OCH3 is 2. The summed E-state index contributed by atoms with van der Waals surface area (Å²) in [6.45, 7) is 0. The maximum atomic E-state index is 8.64. The van der Waals surface area contributed by atoms with E-state index in [4.69, 9.17) is 14.9 Å². The highest BCUT2D eigenvalue weighted by Crippen LogP contribution is 2.32. The first-order valence-corrected chi connectivity index (χ1v) is 5.46. The fourth-order valence-corrected chi connectivity index (χ4v) is 1.74. The van der Waals surface area contributed by atoms with Crippen molar-refractivity contribution in [1.82, 2.24) is 0 Å². The molecule has 0 saturated heterocycles. The minimum absolute atomic E-state index is 0.527. The van der Waals surface area contributed by atoms with E-state index < -0.39 is 0 Å². The first-order chi connectivity index (χ1) is 8.78. The summed E-state index contributed by atoms with van der Waals surface area (Å²) in [6, 6.07) is 13.0. The monoisotopic (exact) mass is 241 g/mol. The van der Waals surface area contributed by atoms with Gasteiger partial charge in [0, 0.05) is 12.1 Å². The largest absolute Gasteiger partial charge is 0.493 e. The van der Waals surface area contributed by atoms with Crippen molar-refractivity contribution in [2.45, 2.75) is 0 Å². The van der Waals surface area contributed by atoms with E-state index in [1.165, 1.54) is 0 Å². The average Bonchev–Trinajstić information content (AvgIpc) is 2.46. The van der Waals surface area contributed by atoms with Crippen molar-refractivity contribution in [1.29, 1.82) is 5.39 Å². The molecule has 0 aromatic heterocycles. The third kappa shape index (κ3) is 2.25. The van der Waals surface area contributed by atoms with Gasteiger partial charge in [0.2, 0.25) is 5.39 Å². The summed E-state index contributed by atoms with van der Waals surface area (Å²) < 4.78 is 10.5. The second kappa shape index (κ2) is 5.19. The van der Waals surface area contributed by atoms with Gasteiger partial charge in [-0.1, -0.05) is 6.07 Å². The van der Waals surface area contributed by atoms with E-state index in [9.17, 15) is 0 Å². The normalized spacial score (nSPS) is 9.61. The molecule has 0 spiro atoms. The number of diazo groups is 1.